The Bertz CT molecular complexity index is 1240. The maximum Gasteiger partial charge on any atom is 0.201 e. The number of aryl methyl sites for hydroxylation is 2. The van der Waals surface area contributed by atoms with Gasteiger partial charge in [0.15, 0.2) is 0 Å². The van der Waals surface area contributed by atoms with Crippen LogP contribution >= 0.6 is 11.3 Å². The molecular weight excluding hydrogens is 356 g/mol. The number of nitrogens with zero attached hydrogens (tertiary/aromatic N) is 4. The van der Waals surface area contributed by atoms with Crippen LogP contribution in [0.1, 0.15) is 5.69 Å². The number of hydrogen-bond donors (Lipinski definition) is 1. The fourth-order valence-electron chi connectivity index (χ4n) is 3.38. The van der Waals surface area contributed by atoms with Crippen LogP contribution in [0, 0.1) is 0 Å². The Balaban J connectivity index is 1.49. The fourth-order valence-corrected chi connectivity index (χ4v) is 4.10. The number of pyridine rings is 3. The van der Waals surface area contributed by atoms with Gasteiger partial charge in [-0.05, 0) is 52.9 Å². The first-order valence-corrected chi connectivity index (χ1v) is 9.58. The van der Waals surface area contributed by atoms with Gasteiger partial charge in [-0.25, -0.2) is 0 Å². The number of fused-ring (bicyclic) bond motifs is 2. The Hall–Kier alpha value is -3.25. The molecule has 5 aromatic rings. The molecule has 5 aromatic heterocycles. The average molecular weight is 372 g/mol. The van der Waals surface area contributed by atoms with Crippen molar-refractivity contribution in [1.29, 1.82) is 0 Å². The molecule has 0 amide bonds. The Morgan fingerprint density at radius 1 is 0.963 bits per heavy atom. The molecule has 0 aromatic carbocycles. The molecule has 0 radical (unpaired) electrons. The van der Waals surface area contributed by atoms with Gasteiger partial charge in [-0.1, -0.05) is 0 Å². The summed E-state index contributed by atoms with van der Waals surface area (Å²) in [5, 5.41) is 13.7. The molecular formula is C21H16N4OS. The predicted octanol–water partition coefficient (Wildman–Crippen LogP) is 4.66. The molecule has 6 heteroatoms. The van der Waals surface area contributed by atoms with Crippen molar-refractivity contribution in [3.63, 3.8) is 0 Å². The maximum absolute atomic E-state index is 10.8. The van der Waals surface area contributed by atoms with Crippen LogP contribution in [0.25, 0.3) is 32.2 Å². The number of rotatable bonds is 4. The summed E-state index contributed by atoms with van der Waals surface area (Å²) < 4.78 is 3.04. The molecule has 5 nitrogen and oxygen atoms in total. The monoisotopic (exact) mass is 372 g/mol. The molecule has 0 aliphatic carbocycles. The largest absolute Gasteiger partial charge is 0.494 e. The second-order valence-electron chi connectivity index (χ2n) is 6.36. The first-order valence-electron chi connectivity index (χ1n) is 8.70. The molecule has 0 spiro atoms. The van der Waals surface area contributed by atoms with Crippen LogP contribution in [0.15, 0.2) is 66.6 Å². The van der Waals surface area contributed by atoms with E-state index in [2.05, 4.69) is 27.5 Å². The van der Waals surface area contributed by atoms with E-state index in [9.17, 15) is 5.11 Å². The molecule has 0 fully saturated rings. The van der Waals surface area contributed by atoms with Crippen molar-refractivity contribution in [3.8, 4) is 17.0 Å². The van der Waals surface area contributed by atoms with Crippen molar-refractivity contribution in [2.45, 2.75) is 13.0 Å². The van der Waals surface area contributed by atoms with Gasteiger partial charge in [0.05, 0.1) is 21.1 Å². The summed E-state index contributed by atoms with van der Waals surface area (Å²) in [7, 11) is 0. The minimum absolute atomic E-state index is 0.238. The Morgan fingerprint density at radius 2 is 1.85 bits per heavy atom. The minimum atomic E-state index is 0.238. The second kappa shape index (κ2) is 6.48. The van der Waals surface area contributed by atoms with Crippen LogP contribution in [0.3, 0.4) is 0 Å². The topological polar surface area (TPSA) is 63.8 Å². The summed E-state index contributed by atoms with van der Waals surface area (Å²) in [6.07, 6.45) is 7.92. The Labute approximate surface area is 159 Å². The molecule has 5 heterocycles. The fraction of sp³-hybridized carbons (Fsp3) is 0.0952. The van der Waals surface area contributed by atoms with Gasteiger partial charge in [-0.3, -0.25) is 15.0 Å². The highest BCUT2D eigenvalue weighted by Gasteiger charge is 2.14. The van der Waals surface area contributed by atoms with E-state index < -0.39 is 0 Å². The SMILES string of the molecule is Oc1c2c(-c3ccncc3)ccnc2cn1CCc1ccc2sccc2n1. The number of aromatic nitrogens is 4. The zero-order valence-corrected chi connectivity index (χ0v) is 15.2. The minimum Gasteiger partial charge on any atom is -0.494 e. The van der Waals surface area contributed by atoms with Crippen LogP contribution in [0.2, 0.25) is 0 Å². The van der Waals surface area contributed by atoms with Crippen LogP contribution < -0.4 is 0 Å². The number of aromatic hydroxyl groups is 1. The molecule has 132 valence electrons. The normalized spacial score (nSPS) is 11.4. The highest BCUT2D eigenvalue weighted by atomic mass is 32.1. The molecule has 0 saturated carbocycles. The first kappa shape index (κ1) is 16.0. The van der Waals surface area contributed by atoms with Crippen molar-refractivity contribution < 1.29 is 5.11 Å². The lowest BCUT2D eigenvalue weighted by Crippen LogP contribution is -2.00. The highest BCUT2D eigenvalue weighted by molar-refractivity contribution is 7.17. The molecule has 0 aliphatic rings. The third-order valence-corrected chi connectivity index (χ3v) is 5.59. The van der Waals surface area contributed by atoms with Gasteiger partial charge in [0.25, 0.3) is 0 Å². The van der Waals surface area contributed by atoms with Gasteiger partial charge in [0.1, 0.15) is 0 Å². The van der Waals surface area contributed by atoms with E-state index in [0.29, 0.717) is 6.54 Å². The van der Waals surface area contributed by atoms with E-state index >= 15 is 0 Å². The van der Waals surface area contributed by atoms with Crippen molar-refractivity contribution >= 4 is 32.5 Å². The zero-order chi connectivity index (χ0) is 18.2. The summed E-state index contributed by atoms with van der Waals surface area (Å²) in [4.78, 5) is 13.2. The van der Waals surface area contributed by atoms with E-state index in [1.807, 2.05) is 35.0 Å². The van der Waals surface area contributed by atoms with E-state index in [1.165, 1.54) is 4.70 Å². The van der Waals surface area contributed by atoms with E-state index in [0.717, 1.165) is 39.7 Å². The van der Waals surface area contributed by atoms with Gasteiger partial charge in [0, 0.05) is 43.4 Å². The lowest BCUT2D eigenvalue weighted by atomic mass is 10.1. The smallest absolute Gasteiger partial charge is 0.201 e. The standard InChI is InChI=1S/C21H16N4OS/c26-21-20-16(14-3-8-22-9-4-14)5-10-23-18(20)13-25(21)11-6-15-1-2-19-17(24-15)7-12-27-19/h1-5,7-10,12-13,26H,6,11H2. The van der Waals surface area contributed by atoms with Crippen LogP contribution in [0.5, 0.6) is 5.88 Å². The van der Waals surface area contributed by atoms with Gasteiger partial charge < -0.3 is 9.67 Å². The molecule has 0 aliphatic heterocycles. The predicted molar refractivity (Wildman–Crippen MR) is 108 cm³/mol. The highest BCUT2D eigenvalue weighted by Crippen LogP contribution is 2.35. The van der Waals surface area contributed by atoms with Crippen molar-refractivity contribution in [2.75, 3.05) is 0 Å². The lowest BCUT2D eigenvalue weighted by Gasteiger charge is -2.06. The van der Waals surface area contributed by atoms with E-state index in [1.54, 1.807) is 29.9 Å². The maximum atomic E-state index is 10.8. The van der Waals surface area contributed by atoms with Gasteiger partial charge in [0.2, 0.25) is 5.88 Å². The van der Waals surface area contributed by atoms with Crippen LogP contribution in [-0.4, -0.2) is 24.6 Å². The van der Waals surface area contributed by atoms with Crippen molar-refractivity contribution in [3.05, 3.63) is 72.3 Å². The molecule has 5 rings (SSSR count). The lowest BCUT2D eigenvalue weighted by molar-refractivity contribution is 0.422. The van der Waals surface area contributed by atoms with Crippen LogP contribution in [0.4, 0.5) is 0 Å². The zero-order valence-electron chi connectivity index (χ0n) is 14.4. The van der Waals surface area contributed by atoms with Gasteiger partial charge in [-0.2, -0.15) is 0 Å². The molecule has 0 saturated heterocycles. The van der Waals surface area contributed by atoms with E-state index in [4.69, 9.17) is 4.98 Å². The van der Waals surface area contributed by atoms with Crippen molar-refractivity contribution in [2.24, 2.45) is 0 Å². The molecule has 1 N–H and O–H groups in total. The van der Waals surface area contributed by atoms with Crippen LogP contribution in [-0.2, 0) is 13.0 Å². The number of hydrogen-bond acceptors (Lipinski definition) is 5. The second-order valence-corrected chi connectivity index (χ2v) is 7.31. The summed E-state index contributed by atoms with van der Waals surface area (Å²) in [5.41, 5.74) is 4.79. The molecule has 27 heavy (non-hydrogen) atoms. The van der Waals surface area contributed by atoms with E-state index in [-0.39, 0.29) is 5.88 Å². The number of thiophene rings is 1. The summed E-state index contributed by atoms with van der Waals surface area (Å²) in [5.74, 6) is 0.238. The van der Waals surface area contributed by atoms with Gasteiger partial charge in [-0.15, -0.1) is 11.3 Å². The first-order chi connectivity index (χ1) is 13.3. The Morgan fingerprint density at radius 3 is 2.74 bits per heavy atom. The molecule has 0 atom stereocenters. The third kappa shape index (κ3) is 2.84. The van der Waals surface area contributed by atoms with Gasteiger partial charge >= 0.3 is 0 Å². The van der Waals surface area contributed by atoms with Crippen molar-refractivity contribution in [1.82, 2.24) is 19.5 Å². The summed E-state index contributed by atoms with van der Waals surface area (Å²) >= 11 is 1.69. The Kier molecular flexibility index (Phi) is 3.83. The quantitative estimate of drug-likeness (QED) is 0.498. The third-order valence-electron chi connectivity index (χ3n) is 4.72. The summed E-state index contributed by atoms with van der Waals surface area (Å²) in [6, 6.07) is 12.0. The molecule has 0 unspecified atom stereocenters. The molecule has 0 bridgehead atoms. The summed E-state index contributed by atoms with van der Waals surface area (Å²) in [6.45, 7) is 0.640. The average Bonchev–Trinajstić information content (AvgIpc) is 3.31.